The third-order valence-electron chi connectivity index (χ3n) is 5.25. The van der Waals surface area contributed by atoms with Gasteiger partial charge in [-0.15, -0.1) is 0 Å². The van der Waals surface area contributed by atoms with E-state index < -0.39 is 4.92 Å². The minimum atomic E-state index is -0.414. The number of phenols is 1. The van der Waals surface area contributed by atoms with Crippen molar-refractivity contribution in [3.8, 4) is 5.75 Å². The summed E-state index contributed by atoms with van der Waals surface area (Å²) in [6.07, 6.45) is 2.90. The van der Waals surface area contributed by atoms with Crippen molar-refractivity contribution in [2.24, 2.45) is 0 Å². The second kappa shape index (κ2) is 8.06. The Kier molecular flexibility index (Phi) is 5.50. The largest absolute Gasteiger partial charge is 0.508 e. The molecule has 0 spiro atoms. The molecule has 8 heteroatoms. The Labute approximate surface area is 178 Å². The molecule has 1 aliphatic heterocycles. The Bertz CT molecular complexity index is 1070. The van der Waals surface area contributed by atoms with Crippen LogP contribution in [0.25, 0.3) is 0 Å². The first kappa shape index (κ1) is 19.8. The Balaban J connectivity index is 1.83. The maximum atomic E-state index is 11.4. The molecule has 1 N–H and O–H groups in total. The van der Waals surface area contributed by atoms with Crippen LogP contribution in [0.1, 0.15) is 29.3 Å². The number of hydrogen-bond donors (Lipinski definition) is 1. The Morgan fingerprint density at radius 2 is 1.97 bits per heavy atom. The van der Waals surface area contributed by atoms with Gasteiger partial charge in [-0.25, -0.2) is 0 Å². The lowest BCUT2D eigenvalue weighted by atomic mass is 10.00. The van der Waals surface area contributed by atoms with Crippen LogP contribution in [0.3, 0.4) is 0 Å². The van der Waals surface area contributed by atoms with Gasteiger partial charge in [0, 0.05) is 64.8 Å². The van der Waals surface area contributed by atoms with Gasteiger partial charge in [-0.3, -0.25) is 15.0 Å². The van der Waals surface area contributed by atoms with Gasteiger partial charge in [0.2, 0.25) is 0 Å². The summed E-state index contributed by atoms with van der Waals surface area (Å²) in [7, 11) is 0. The molecule has 29 heavy (non-hydrogen) atoms. The van der Waals surface area contributed by atoms with Crippen LogP contribution in [0.2, 0.25) is 10.0 Å². The number of nitro groups is 1. The van der Waals surface area contributed by atoms with Crippen LogP contribution in [-0.2, 0) is 13.1 Å². The number of aromatic nitrogens is 1. The number of non-ortho nitro benzene ring substituents is 1. The van der Waals surface area contributed by atoms with E-state index in [-0.39, 0.29) is 17.5 Å². The van der Waals surface area contributed by atoms with Crippen LogP contribution < -0.4 is 0 Å². The number of benzene rings is 2. The first-order chi connectivity index (χ1) is 13.9. The van der Waals surface area contributed by atoms with E-state index in [4.69, 9.17) is 23.2 Å². The molecule has 1 aromatic heterocycles. The molecule has 6 nitrogen and oxygen atoms in total. The number of halogens is 2. The van der Waals surface area contributed by atoms with Crippen LogP contribution in [0.15, 0.2) is 54.7 Å². The van der Waals surface area contributed by atoms with Gasteiger partial charge >= 0.3 is 0 Å². The van der Waals surface area contributed by atoms with Crippen LogP contribution in [0.4, 0.5) is 5.69 Å². The Morgan fingerprint density at radius 1 is 1.14 bits per heavy atom. The van der Waals surface area contributed by atoms with E-state index in [9.17, 15) is 15.2 Å². The summed E-state index contributed by atoms with van der Waals surface area (Å²) < 4.78 is 2.15. The molecule has 0 radical (unpaired) electrons. The third kappa shape index (κ3) is 3.96. The highest BCUT2D eigenvalue weighted by atomic mass is 35.5. The average Bonchev–Trinajstić information content (AvgIpc) is 3.07. The second-order valence-corrected chi connectivity index (χ2v) is 7.93. The molecule has 0 saturated carbocycles. The molecule has 1 atom stereocenters. The van der Waals surface area contributed by atoms with Gasteiger partial charge in [-0.2, -0.15) is 0 Å². The summed E-state index contributed by atoms with van der Waals surface area (Å²) in [6.45, 7) is 2.00. The SMILES string of the molecule is O=[N+]([O-])c1ccc(Cl)c(C2c3cccn3CCCN2Cc2cc(Cl)ccc2O)c1. The predicted octanol–water partition coefficient (Wildman–Crippen LogP) is 5.40. The van der Waals surface area contributed by atoms with E-state index in [0.29, 0.717) is 27.7 Å². The van der Waals surface area contributed by atoms with Crippen LogP contribution in [0, 0.1) is 10.1 Å². The van der Waals surface area contributed by atoms with Crippen molar-refractivity contribution in [1.29, 1.82) is 0 Å². The van der Waals surface area contributed by atoms with Gasteiger partial charge in [-0.1, -0.05) is 23.2 Å². The summed E-state index contributed by atoms with van der Waals surface area (Å²) in [5, 5.41) is 22.7. The van der Waals surface area contributed by atoms with Crippen LogP contribution in [0.5, 0.6) is 5.75 Å². The van der Waals surface area contributed by atoms with Gasteiger partial charge in [0.1, 0.15) is 5.75 Å². The smallest absolute Gasteiger partial charge is 0.269 e. The minimum Gasteiger partial charge on any atom is -0.508 e. The lowest BCUT2D eigenvalue weighted by molar-refractivity contribution is -0.384. The van der Waals surface area contributed by atoms with Gasteiger partial charge < -0.3 is 9.67 Å². The quantitative estimate of drug-likeness (QED) is 0.443. The molecule has 0 fully saturated rings. The zero-order valence-electron chi connectivity index (χ0n) is 15.5. The molecule has 0 saturated heterocycles. The molecule has 4 rings (SSSR count). The molecule has 2 heterocycles. The lowest BCUT2D eigenvalue weighted by Gasteiger charge is -2.31. The van der Waals surface area contributed by atoms with Crippen molar-refractivity contribution in [2.45, 2.75) is 25.6 Å². The van der Waals surface area contributed by atoms with Gasteiger partial charge in [-0.05, 0) is 42.8 Å². The number of nitro benzene ring substituents is 1. The summed E-state index contributed by atoms with van der Waals surface area (Å²) in [4.78, 5) is 13.1. The molecule has 1 unspecified atom stereocenters. The highest BCUT2D eigenvalue weighted by Crippen LogP contribution is 2.39. The van der Waals surface area contributed by atoms with Crippen LogP contribution in [-0.4, -0.2) is 26.0 Å². The van der Waals surface area contributed by atoms with E-state index in [2.05, 4.69) is 9.47 Å². The highest BCUT2D eigenvalue weighted by Gasteiger charge is 2.30. The molecule has 0 amide bonds. The maximum Gasteiger partial charge on any atom is 0.269 e. The Hall–Kier alpha value is -2.54. The van der Waals surface area contributed by atoms with E-state index in [1.165, 1.54) is 6.07 Å². The molecular formula is C21H19Cl2N3O3. The van der Waals surface area contributed by atoms with E-state index in [1.54, 1.807) is 30.3 Å². The monoisotopic (exact) mass is 431 g/mol. The molecule has 150 valence electrons. The fraction of sp³-hybridized carbons (Fsp3) is 0.238. The van der Waals surface area contributed by atoms with Crippen molar-refractivity contribution in [3.05, 3.63) is 91.7 Å². The molecule has 0 aliphatic carbocycles. The van der Waals surface area contributed by atoms with Crippen molar-refractivity contribution < 1.29 is 10.0 Å². The summed E-state index contributed by atoms with van der Waals surface area (Å²) in [6, 6.07) is 13.2. The highest BCUT2D eigenvalue weighted by molar-refractivity contribution is 6.31. The first-order valence-corrected chi connectivity index (χ1v) is 10.00. The number of aromatic hydroxyl groups is 1. The number of aryl methyl sites for hydroxylation is 1. The molecular weight excluding hydrogens is 413 g/mol. The van der Waals surface area contributed by atoms with Crippen LogP contribution >= 0.6 is 23.2 Å². The first-order valence-electron chi connectivity index (χ1n) is 9.24. The number of fused-ring (bicyclic) bond motifs is 1. The molecule has 2 aromatic carbocycles. The van der Waals surface area contributed by atoms with Gasteiger partial charge in [0.15, 0.2) is 0 Å². The van der Waals surface area contributed by atoms with E-state index >= 15 is 0 Å². The number of rotatable bonds is 4. The maximum absolute atomic E-state index is 11.4. The lowest BCUT2D eigenvalue weighted by Crippen LogP contribution is -2.29. The summed E-state index contributed by atoms with van der Waals surface area (Å²) in [5.74, 6) is 0.165. The fourth-order valence-corrected chi connectivity index (χ4v) is 4.34. The normalized spacial score (nSPS) is 17.0. The minimum absolute atomic E-state index is 0.00249. The number of hydrogen-bond acceptors (Lipinski definition) is 4. The van der Waals surface area contributed by atoms with Gasteiger partial charge in [0.25, 0.3) is 5.69 Å². The van der Waals surface area contributed by atoms with E-state index in [1.807, 2.05) is 18.3 Å². The predicted molar refractivity (Wildman–Crippen MR) is 113 cm³/mol. The van der Waals surface area contributed by atoms with Crippen molar-refractivity contribution in [1.82, 2.24) is 9.47 Å². The topological polar surface area (TPSA) is 71.5 Å². The fourth-order valence-electron chi connectivity index (χ4n) is 3.92. The zero-order valence-corrected chi connectivity index (χ0v) is 17.0. The van der Waals surface area contributed by atoms with Crippen molar-refractivity contribution >= 4 is 28.9 Å². The second-order valence-electron chi connectivity index (χ2n) is 7.09. The third-order valence-corrected chi connectivity index (χ3v) is 5.83. The zero-order chi connectivity index (χ0) is 20.5. The summed E-state index contributed by atoms with van der Waals surface area (Å²) >= 11 is 12.7. The van der Waals surface area contributed by atoms with E-state index in [0.717, 1.165) is 25.2 Å². The Morgan fingerprint density at radius 3 is 2.76 bits per heavy atom. The number of nitrogens with zero attached hydrogens (tertiary/aromatic N) is 3. The molecule has 3 aromatic rings. The molecule has 1 aliphatic rings. The summed E-state index contributed by atoms with van der Waals surface area (Å²) in [5.41, 5.74) is 2.37. The van der Waals surface area contributed by atoms with Crippen molar-refractivity contribution in [3.63, 3.8) is 0 Å². The standard InChI is InChI=1S/C21H19Cl2N3O3/c22-15-4-7-20(27)14(11-15)13-25-10-2-9-24-8-1-3-19(24)21(25)17-12-16(26(28)29)5-6-18(17)23/h1,3-8,11-12,21,27H,2,9-10,13H2. The van der Waals surface area contributed by atoms with Crippen molar-refractivity contribution in [2.75, 3.05) is 6.54 Å². The molecule has 0 bridgehead atoms. The number of phenolic OH excluding ortho intramolecular Hbond substituents is 1. The average molecular weight is 432 g/mol. The van der Waals surface area contributed by atoms with Gasteiger partial charge in [0.05, 0.1) is 11.0 Å².